The van der Waals surface area contributed by atoms with E-state index in [4.69, 9.17) is 11.5 Å². The standard InChI is InChI=1S/C12H13N3/c13-10-6-4-9(5-7-10)12(14)11-3-1-2-8-15-11/h1-8,12H,13-14H2. The summed E-state index contributed by atoms with van der Waals surface area (Å²) in [4.78, 5) is 4.22. The Labute approximate surface area is 88.8 Å². The Morgan fingerprint density at radius 1 is 1.00 bits per heavy atom. The van der Waals surface area contributed by atoms with Crippen molar-refractivity contribution in [3.05, 3.63) is 59.9 Å². The van der Waals surface area contributed by atoms with Gasteiger partial charge in [0.1, 0.15) is 0 Å². The number of benzene rings is 1. The van der Waals surface area contributed by atoms with E-state index in [-0.39, 0.29) is 6.04 Å². The molecular weight excluding hydrogens is 186 g/mol. The van der Waals surface area contributed by atoms with Crippen molar-refractivity contribution in [3.8, 4) is 0 Å². The summed E-state index contributed by atoms with van der Waals surface area (Å²) in [7, 11) is 0. The molecule has 0 saturated heterocycles. The number of nitrogens with two attached hydrogens (primary N) is 2. The molecule has 0 aliphatic heterocycles. The Balaban J connectivity index is 2.29. The van der Waals surface area contributed by atoms with Crippen LogP contribution < -0.4 is 11.5 Å². The van der Waals surface area contributed by atoms with E-state index in [0.29, 0.717) is 0 Å². The van der Waals surface area contributed by atoms with E-state index < -0.39 is 0 Å². The zero-order valence-corrected chi connectivity index (χ0v) is 8.30. The van der Waals surface area contributed by atoms with Crippen LogP contribution in [0.2, 0.25) is 0 Å². The predicted molar refractivity (Wildman–Crippen MR) is 61.1 cm³/mol. The van der Waals surface area contributed by atoms with E-state index in [0.717, 1.165) is 16.9 Å². The first-order chi connectivity index (χ1) is 7.27. The fourth-order valence-electron chi connectivity index (χ4n) is 1.43. The van der Waals surface area contributed by atoms with Gasteiger partial charge in [0.05, 0.1) is 11.7 Å². The minimum absolute atomic E-state index is 0.188. The van der Waals surface area contributed by atoms with Crippen molar-refractivity contribution >= 4 is 5.69 Å². The maximum Gasteiger partial charge on any atom is 0.0726 e. The van der Waals surface area contributed by atoms with Gasteiger partial charge in [0, 0.05) is 11.9 Å². The minimum Gasteiger partial charge on any atom is -0.399 e. The van der Waals surface area contributed by atoms with Crippen LogP contribution in [0.4, 0.5) is 5.69 Å². The van der Waals surface area contributed by atoms with Gasteiger partial charge in [0.25, 0.3) is 0 Å². The molecule has 3 nitrogen and oxygen atoms in total. The molecule has 1 unspecified atom stereocenters. The van der Waals surface area contributed by atoms with Crippen LogP contribution in [0.25, 0.3) is 0 Å². The Morgan fingerprint density at radius 3 is 2.33 bits per heavy atom. The number of hydrogen-bond acceptors (Lipinski definition) is 3. The van der Waals surface area contributed by atoms with Crippen LogP contribution in [-0.4, -0.2) is 4.98 Å². The zero-order chi connectivity index (χ0) is 10.7. The Morgan fingerprint density at radius 2 is 1.73 bits per heavy atom. The molecule has 2 rings (SSSR count). The van der Waals surface area contributed by atoms with Crippen LogP contribution in [-0.2, 0) is 0 Å². The quantitative estimate of drug-likeness (QED) is 0.724. The molecule has 76 valence electrons. The van der Waals surface area contributed by atoms with E-state index in [2.05, 4.69) is 4.98 Å². The lowest BCUT2D eigenvalue weighted by Crippen LogP contribution is -2.13. The number of nitrogens with zero attached hydrogens (tertiary/aromatic N) is 1. The predicted octanol–water partition coefficient (Wildman–Crippen LogP) is 1.71. The molecule has 0 aliphatic carbocycles. The molecule has 0 radical (unpaired) electrons. The Kier molecular flexibility index (Phi) is 2.65. The summed E-state index contributed by atoms with van der Waals surface area (Å²) in [6.07, 6.45) is 1.74. The van der Waals surface area contributed by atoms with Crippen LogP contribution in [0.1, 0.15) is 17.3 Å². The van der Waals surface area contributed by atoms with Gasteiger partial charge >= 0.3 is 0 Å². The van der Waals surface area contributed by atoms with Gasteiger partial charge in [0.2, 0.25) is 0 Å². The summed E-state index contributed by atoms with van der Waals surface area (Å²) in [5.74, 6) is 0. The number of rotatable bonds is 2. The lowest BCUT2D eigenvalue weighted by atomic mass is 10.0. The average Bonchev–Trinajstić information content (AvgIpc) is 2.30. The van der Waals surface area contributed by atoms with Gasteiger partial charge in [-0.2, -0.15) is 0 Å². The Hall–Kier alpha value is -1.87. The highest BCUT2D eigenvalue weighted by molar-refractivity contribution is 5.41. The van der Waals surface area contributed by atoms with Crippen molar-refractivity contribution in [2.45, 2.75) is 6.04 Å². The highest BCUT2D eigenvalue weighted by atomic mass is 14.8. The van der Waals surface area contributed by atoms with Crippen LogP contribution in [0.15, 0.2) is 48.7 Å². The van der Waals surface area contributed by atoms with Gasteiger partial charge in [-0.1, -0.05) is 18.2 Å². The van der Waals surface area contributed by atoms with Crippen molar-refractivity contribution in [2.75, 3.05) is 5.73 Å². The lowest BCUT2D eigenvalue weighted by molar-refractivity contribution is 0.829. The maximum atomic E-state index is 6.06. The minimum atomic E-state index is -0.188. The van der Waals surface area contributed by atoms with Crippen LogP contribution in [0.3, 0.4) is 0 Å². The van der Waals surface area contributed by atoms with Crippen LogP contribution in [0, 0.1) is 0 Å². The summed E-state index contributed by atoms with van der Waals surface area (Å²) in [5.41, 5.74) is 14.3. The molecule has 0 spiro atoms. The lowest BCUT2D eigenvalue weighted by Gasteiger charge is -2.11. The van der Waals surface area contributed by atoms with Crippen molar-refractivity contribution in [2.24, 2.45) is 5.73 Å². The fourth-order valence-corrected chi connectivity index (χ4v) is 1.43. The molecule has 4 N–H and O–H groups in total. The highest BCUT2D eigenvalue weighted by Gasteiger charge is 2.08. The summed E-state index contributed by atoms with van der Waals surface area (Å²) in [6, 6.07) is 13.1. The second-order valence-corrected chi connectivity index (χ2v) is 3.40. The van der Waals surface area contributed by atoms with Crippen molar-refractivity contribution in [1.82, 2.24) is 4.98 Å². The highest BCUT2D eigenvalue weighted by Crippen LogP contribution is 2.18. The number of hydrogen-bond donors (Lipinski definition) is 2. The smallest absolute Gasteiger partial charge is 0.0726 e. The van der Waals surface area contributed by atoms with Crippen molar-refractivity contribution in [1.29, 1.82) is 0 Å². The zero-order valence-electron chi connectivity index (χ0n) is 8.30. The second-order valence-electron chi connectivity index (χ2n) is 3.40. The average molecular weight is 199 g/mol. The first-order valence-electron chi connectivity index (χ1n) is 4.79. The summed E-state index contributed by atoms with van der Waals surface area (Å²) in [6.45, 7) is 0. The van der Waals surface area contributed by atoms with Crippen molar-refractivity contribution in [3.63, 3.8) is 0 Å². The number of nitrogen functional groups attached to an aromatic ring is 1. The van der Waals surface area contributed by atoms with E-state index in [1.54, 1.807) is 6.20 Å². The van der Waals surface area contributed by atoms with E-state index >= 15 is 0 Å². The molecule has 3 heteroatoms. The number of pyridine rings is 1. The molecule has 1 aromatic carbocycles. The molecule has 1 heterocycles. The molecule has 0 saturated carbocycles. The van der Waals surface area contributed by atoms with Crippen molar-refractivity contribution < 1.29 is 0 Å². The molecule has 15 heavy (non-hydrogen) atoms. The molecule has 2 aromatic rings. The molecule has 0 amide bonds. The van der Waals surface area contributed by atoms with Gasteiger partial charge in [-0.05, 0) is 29.8 Å². The molecular formula is C12H13N3. The first kappa shape index (κ1) is 9.68. The third kappa shape index (κ3) is 2.14. The summed E-state index contributed by atoms with van der Waals surface area (Å²) in [5, 5.41) is 0. The largest absolute Gasteiger partial charge is 0.399 e. The number of anilines is 1. The molecule has 0 aliphatic rings. The molecule has 1 aromatic heterocycles. The normalized spacial score (nSPS) is 12.3. The first-order valence-corrected chi connectivity index (χ1v) is 4.79. The van der Waals surface area contributed by atoms with E-state index in [1.807, 2.05) is 42.5 Å². The third-order valence-electron chi connectivity index (χ3n) is 2.30. The van der Waals surface area contributed by atoms with Crippen LogP contribution >= 0.6 is 0 Å². The maximum absolute atomic E-state index is 6.06. The fraction of sp³-hybridized carbons (Fsp3) is 0.0833. The molecule has 0 fully saturated rings. The van der Waals surface area contributed by atoms with E-state index in [1.165, 1.54) is 0 Å². The third-order valence-corrected chi connectivity index (χ3v) is 2.30. The van der Waals surface area contributed by atoms with E-state index in [9.17, 15) is 0 Å². The Bertz CT molecular complexity index is 422. The monoisotopic (exact) mass is 199 g/mol. The topological polar surface area (TPSA) is 64.9 Å². The van der Waals surface area contributed by atoms with Gasteiger partial charge in [-0.3, -0.25) is 4.98 Å². The molecule has 1 atom stereocenters. The summed E-state index contributed by atoms with van der Waals surface area (Å²) >= 11 is 0. The molecule has 0 bridgehead atoms. The van der Waals surface area contributed by atoms with Gasteiger partial charge in [0.15, 0.2) is 0 Å². The van der Waals surface area contributed by atoms with Gasteiger partial charge in [-0.15, -0.1) is 0 Å². The summed E-state index contributed by atoms with van der Waals surface area (Å²) < 4.78 is 0. The second kappa shape index (κ2) is 4.11. The van der Waals surface area contributed by atoms with Gasteiger partial charge < -0.3 is 11.5 Å². The van der Waals surface area contributed by atoms with Gasteiger partial charge in [-0.25, -0.2) is 0 Å². The van der Waals surface area contributed by atoms with Crippen LogP contribution in [0.5, 0.6) is 0 Å². The SMILES string of the molecule is Nc1ccc(C(N)c2ccccn2)cc1. The number of aromatic nitrogens is 1.